The van der Waals surface area contributed by atoms with Gasteiger partial charge in [-0.15, -0.1) is 0 Å². The molecule has 3 aromatic rings. The molecule has 3 aromatic carbocycles. The molecule has 2 aliphatic heterocycles. The normalized spacial score (nSPS) is 19.0. The SMILES string of the molecule is CCC1(c2ccc3c(c2)OCO3)NC(=O)N(CCCCOc2ccc(C(O)(C(F)F)C(F)(F)F)cc2CCc2ccccc2)C1=O. The summed E-state index contributed by atoms with van der Waals surface area (Å²) in [6.45, 7) is 2.02. The Bertz CT molecular complexity index is 1570. The van der Waals surface area contributed by atoms with Crippen LogP contribution in [0.25, 0.3) is 0 Å². The van der Waals surface area contributed by atoms with Crippen LogP contribution in [0.15, 0.2) is 66.7 Å². The van der Waals surface area contributed by atoms with Crippen molar-refractivity contribution in [3.8, 4) is 17.2 Å². The van der Waals surface area contributed by atoms with Crippen molar-refractivity contribution in [1.82, 2.24) is 10.2 Å². The lowest BCUT2D eigenvalue weighted by Gasteiger charge is -2.30. The van der Waals surface area contributed by atoms with Crippen molar-refractivity contribution in [1.29, 1.82) is 0 Å². The molecule has 46 heavy (non-hydrogen) atoms. The van der Waals surface area contributed by atoms with Gasteiger partial charge in [0.05, 0.1) is 6.61 Å². The Kier molecular flexibility index (Phi) is 9.43. The quantitative estimate of drug-likeness (QED) is 0.130. The molecule has 1 fully saturated rings. The molecule has 2 unspecified atom stereocenters. The number of urea groups is 1. The highest BCUT2D eigenvalue weighted by Gasteiger charge is 2.61. The summed E-state index contributed by atoms with van der Waals surface area (Å²) >= 11 is 0. The zero-order valence-electron chi connectivity index (χ0n) is 24.9. The van der Waals surface area contributed by atoms with E-state index in [0.717, 1.165) is 28.7 Å². The molecule has 3 amide bonds. The average Bonchev–Trinajstić information content (AvgIpc) is 3.61. The lowest BCUT2D eigenvalue weighted by molar-refractivity contribution is -0.305. The number of hydrogen-bond donors (Lipinski definition) is 2. The molecule has 0 spiro atoms. The number of rotatable bonds is 13. The highest BCUT2D eigenvalue weighted by Crippen LogP contribution is 2.45. The summed E-state index contributed by atoms with van der Waals surface area (Å²) in [5.74, 6) is 0.805. The van der Waals surface area contributed by atoms with Gasteiger partial charge >= 0.3 is 12.2 Å². The number of nitrogens with zero attached hydrogens (tertiary/aromatic N) is 1. The predicted molar refractivity (Wildman–Crippen MR) is 156 cm³/mol. The summed E-state index contributed by atoms with van der Waals surface area (Å²) in [4.78, 5) is 27.5. The monoisotopic (exact) mass is 648 g/mol. The molecule has 2 heterocycles. The second kappa shape index (κ2) is 13.1. The van der Waals surface area contributed by atoms with Crippen LogP contribution in [-0.2, 0) is 28.8 Å². The van der Waals surface area contributed by atoms with Crippen LogP contribution in [0.4, 0.5) is 26.7 Å². The third kappa shape index (κ3) is 6.20. The van der Waals surface area contributed by atoms with Gasteiger partial charge in [-0.05, 0) is 78.6 Å². The van der Waals surface area contributed by atoms with E-state index in [2.05, 4.69) is 5.32 Å². The van der Waals surface area contributed by atoms with E-state index < -0.39 is 41.2 Å². The van der Waals surface area contributed by atoms with Gasteiger partial charge in [0.25, 0.3) is 12.3 Å². The number of unbranched alkanes of at least 4 members (excludes halogenated alkanes) is 1. The zero-order valence-corrected chi connectivity index (χ0v) is 24.9. The first-order valence-electron chi connectivity index (χ1n) is 14.8. The van der Waals surface area contributed by atoms with Crippen molar-refractivity contribution in [2.45, 2.75) is 62.8 Å². The Morgan fingerprint density at radius 1 is 0.978 bits per heavy atom. The maximum Gasteiger partial charge on any atom is 0.427 e. The first-order chi connectivity index (χ1) is 21.9. The van der Waals surface area contributed by atoms with E-state index in [1.165, 1.54) is 0 Å². The van der Waals surface area contributed by atoms with Crippen LogP contribution in [0.3, 0.4) is 0 Å². The third-order valence-electron chi connectivity index (χ3n) is 8.38. The Morgan fingerprint density at radius 3 is 2.41 bits per heavy atom. The molecular weight excluding hydrogens is 615 g/mol. The summed E-state index contributed by atoms with van der Waals surface area (Å²) in [6.07, 6.45) is -8.16. The molecule has 13 heteroatoms. The van der Waals surface area contributed by atoms with Gasteiger partial charge in [0.1, 0.15) is 11.3 Å². The van der Waals surface area contributed by atoms with Gasteiger partial charge in [-0.1, -0.05) is 49.4 Å². The van der Waals surface area contributed by atoms with E-state index in [0.29, 0.717) is 42.7 Å². The van der Waals surface area contributed by atoms with Crippen LogP contribution in [0.5, 0.6) is 17.2 Å². The van der Waals surface area contributed by atoms with Gasteiger partial charge in [-0.3, -0.25) is 9.69 Å². The highest BCUT2D eigenvalue weighted by atomic mass is 19.4. The van der Waals surface area contributed by atoms with Gasteiger partial charge < -0.3 is 24.6 Å². The number of nitrogens with one attached hydrogen (secondary N) is 1. The molecule has 8 nitrogen and oxygen atoms in total. The van der Waals surface area contributed by atoms with Gasteiger partial charge in [0.15, 0.2) is 11.5 Å². The smallest absolute Gasteiger partial charge is 0.427 e. The molecule has 0 aromatic heterocycles. The van der Waals surface area contributed by atoms with Gasteiger partial charge in [0, 0.05) is 6.54 Å². The topological polar surface area (TPSA) is 97.3 Å². The number of alkyl halides is 5. The first kappa shape index (κ1) is 33.0. The number of imide groups is 1. The predicted octanol–water partition coefficient (Wildman–Crippen LogP) is 6.23. The van der Waals surface area contributed by atoms with E-state index in [-0.39, 0.29) is 37.7 Å². The second-order valence-electron chi connectivity index (χ2n) is 11.1. The van der Waals surface area contributed by atoms with Crippen molar-refractivity contribution in [3.63, 3.8) is 0 Å². The minimum atomic E-state index is -5.61. The number of aliphatic hydroxyl groups is 1. The van der Waals surface area contributed by atoms with E-state index >= 15 is 0 Å². The van der Waals surface area contributed by atoms with Crippen molar-refractivity contribution in [3.05, 3.63) is 89.0 Å². The lowest BCUT2D eigenvalue weighted by atomic mass is 9.87. The molecule has 0 saturated carbocycles. The Balaban J connectivity index is 1.25. The van der Waals surface area contributed by atoms with Crippen LogP contribution in [0.2, 0.25) is 0 Å². The minimum Gasteiger partial charge on any atom is -0.493 e. The third-order valence-corrected chi connectivity index (χ3v) is 8.38. The molecule has 0 radical (unpaired) electrons. The largest absolute Gasteiger partial charge is 0.493 e. The van der Waals surface area contributed by atoms with Crippen molar-refractivity contribution < 1.29 is 50.9 Å². The highest BCUT2D eigenvalue weighted by molar-refractivity contribution is 6.07. The van der Waals surface area contributed by atoms with E-state index in [9.17, 15) is 36.6 Å². The number of aryl methyl sites for hydroxylation is 2. The van der Waals surface area contributed by atoms with Crippen LogP contribution < -0.4 is 19.5 Å². The fraction of sp³-hybridized carbons (Fsp3) is 0.394. The Labute approximate surface area is 262 Å². The minimum absolute atomic E-state index is 0.0660. The van der Waals surface area contributed by atoms with E-state index in [4.69, 9.17) is 14.2 Å². The average molecular weight is 649 g/mol. The fourth-order valence-corrected chi connectivity index (χ4v) is 5.67. The number of benzene rings is 3. The molecular formula is C33H33F5N2O6. The van der Waals surface area contributed by atoms with E-state index in [1.807, 2.05) is 18.2 Å². The molecule has 246 valence electrons. The summed E-state index contributed by atoms with van der Waals surface area (Å²) in [7, 11) is 0. The number of amides is 3. The summed E-state index contributed by atoms with van der Waals surface area (Å²) in [6, 6.07) is 16.4. The molecule has 5 rings (SSSR count). The number of halogens is 5. The van der Waals surface area contributed by atoms with Crippen LogP contribution in [0.1, 0.15) is 48.4 Å². The second-order valence-corrected chi connectivity index (χ2v) is 11.1. The number of fused-ring (bicyclic) bond motifs is 1. The lowest BCUT2D eigenvalue weighted by Crippen LogP contribution is -2.48. The Hall–Kier alpha value is -4.39. The summed E-state index contributed by atoms with van der Waals surface area (Å²) in [5.41, 5.74) is -4.93. The number of hydrogen-bond acceptors (Lipinski definition) is 6. The number of carbonyl (C=O) groups is 2. The standard InChI is InChI=1S/C33H33F5N2O6/c1-2-31(23-12-15-26-27(19-23)46-20-45-26)29(41)40(30(42)39-31)16-6-7-17-44-25-14-13-24(32(43,28(34)35)33(36,37)38)18-22(25)11-10-21-8-4-3-5-9-21/h3-5,8-9,12-15,18-19,28,43H,2,6-7,10-11,16-17,20H2,1H3,(H,39,42). The van der Waals surface area contributed by atoms with Crippen molar-refractivity contribution >= 4 is 11.9 Å². The summed E-state index contributed by atoms with van der Waals surface area (Å²) < 4.78 is 84.5. The maximum absolute atomic E-state index is 13.6. The van der Waals surface area contributed by atoms with Crippen LogP contribution in [-0.4, -0.2) is 54.5 Å². The molecule has 0 bridgehead atoms. The number of ether oxygens (including phenoxy) is 3. The van der Waals surface area contributed by atoms with Crippen molar-refractivity contribution in [2.75, 3.05) is 19.9 Å². The molecule has 2 atom stereocenters. The molecule has 1 saturated heterocycles. The molecule has 0 aliphatic carbocycles. The van der Waals surface area contributed by atoms with Gasteiger partial charge in [0.2, 0.25) is 12.4 Å². The number of carbonyl (C=O) groups excluding carboxylic acids is 2. The molecule has 2 aliphatic rings. The summed E-state index contributed by atoms with van der Waals surface area (Å²) in [5, 5.41) is 12.9. The zero-order chi connectivity index (χ0) is 33.1. The van der Waals surface area contributed by atoms with E-state index in [1.54, 1.807) is 37.3 Å². The Morgan fingerprint density at radius 2 is 1.72 bits per heavy atom. The fourth-order valence-electron chi connectivity index (χ4n) is 5.67. The van der Waals surface area contributed by atoms with Crippen molar-refractivity contribution in [2.24, 2.45) is 0 Å². The first-order valence-corrected chi connectivity index (χ1v) is 14.8. The van der Waals surface area contributed by atoms with Gasteiger partial charge in [-0.25, -0.2) is 13.6 Å². The molecule has 2 N–H and O–H groups in total. The van der Waals surface area contributed by atoms with Gasteiger partial charge in [-0.2, -0.15) is 13.2 Å². The van der Waals surface area contributed by atoms with Crippen LogP contribution >= 0.6 is 0 Å². The maximum atomic E-state index is 13.6. The van der Waals surface area contributed by atoms with Crippen LogP contribution in [0, 0.1) is 0 Å².